The Morgan fingerprint density at radius 3 is 2.83 bits per heavy atom. The fourth-order valence-electron chi connectivity index (χ4n) is 0.645. The number of hydrogen-bond acceptors (Lipinski definition) is 3. The molecule has 12 heavy (non-hydrogen) atoms. The third-order valence-electron chi connectivity index (χ3n) is 1.13. The fourth-order valence-corrected chi connectivity index (χ4v) is 1.35. The zero-order valence-corrected chi connectivity index (χ0v) is 7.61. The first-order valence-electron chi connectivity index (χ1n) is 3.20. The summed E-state index contributed by atoms with van der Waals surface area (Å²) in [6.07, 6.45) is 0. The van der Waals surface area contributed by atoms with Crippen LogP contribution in [0.25, 0.3) is 0 Å². The van der Waals surface area contributed by atoms with E-state index in [2.05, 4.69) is 5.32 Å². The minimum absolute atomic E-state index is 0.127. The molecule has 0 spiro atoms. The lowest BCUT2D eigenvalue weighted by atomic mass is 10.4. The molecule has 0 atom stereocenters. The molecule has 1 aromatic heterocycles. The Morgan fingerprint density at radius 1 is 1.58 bits per heavy atom. The number of carbonyl (C=O) groups is 2. The van der Waals surface area contributed by atoms with Crippen LogP contribution in [0, 0.1) is 0 Å². The number of halogens is 1. The number of carbonyl (C=O) groups excluding carboxylic acids is 2. The molecule has 5 heteroatoms. The monoisotopic (exact) mass is 203 g/mol. The van der Waals surface area contributed by atoms with Crippen LogP contribution in [0.4, 0.5) is 0 Å². The summed E-state index contributed by atoms with van der Waals surface area (Å²) in [7, 11) is 0. The van der Waals surface area contributed by atoms with Crippen molar-refractivity contribution in [2.24, 2.45) is 0 Å². The highest BCUT2D eigenvalue weighted by molar-refractivity contribution is 7.12. The second kappa shape index (κ2) is 4.23. The molecular weight excluding hydrogens is 198 g/mol. The maximum absolute atomic E-state index is 11.1. The van der Waals surface area contributed by atoms with Gasteiger partial charge in [0.1, 0.15) is 0 Å². The Hall–Kier alpha value is -0.870. The highest BCUT2D eigenvalue weighted by atomic mass is 35.5. The molecule has 1 N–H and O–H groups in total. The predicted octanol–water partition coefficient (Wildman–Crippen LogP) is 1.24. The van der Waals surface area contributed by atoms with E-state index >= 15 is 0 Å². The number of amides is 1. The second-order valence-electron chi connectivity index (χ2n) is 2.02. The lowest BCUT2D eigenvalue weighted by molar-refractivity contribution is -0.110. The van der Waals surface area contributed by atoms with E-state index in [4.69, 9.17) is 11.6 Å². The molecule has 1 amide bonds. The molecule has 0 aliphatic carbocycles. The average Bonchev–Trinajstić information content (AvgIpc) is 2.51. The molecule has 0 bridgehead atoms. The van der Waals surface area contributed by atoms with Gasteiger partial charge in [0.2, 0.25) is 5.24 Å². The highest BCUT2D eigenvalue weighted by Crippen LogP contribution is 2.07. The van der Waals surface area contributed by atoms with Crippen LogP contribution >= 0.6 is 22.9 Å². The third kappa shape index (κ3) is 2.64. The summed E-state index contributed by atoms with van der Waals surface area (Å²) in [5, 5.41) is 3.59. The minimum Gasteiger partial charge on any atom is -0.343 e. The Kier molecular flexibility index (Phi) is 3.25. The van der Waals surface area contributed by atoms with Gasteiger partial charge in [-0.1, -0.05) is 6.07 Å². The Bertz CT molecular complexity index is 284. The SMILES string of the molecule is O=C(Cl)CNC(=O)c1cccs1. The third-order valence-corrected chi connectivity index (χ3v) is 2.14. The van der Waals surface area contributed by atoms with Crippen LogP contribution in [0.1, 0.15) is 9.67 Å². The molecule has 0 aliphatic heterocycles. The number of thiophene rings is 1. The minimum atomic E-state index is -0.570. The first kappa shape index (κ1) is 9.22. The van der Waals surface area contributed by atoms with Gasteiger partial charge in [-0.3, -0.25) is 9.59 Å². The molecule has 0 radical (unpaired) electrons. The van der Waals surface area contributed by atoms with Crippen molar-refractivity contribution >= 4 is 34.1 Å². The van der Waals surface area contributed by atoms with Gasteiger partial charge in [0.25, 0.3) is 5.91 Å². The van der Waals surface area contributed by atoms with Crippen molar-refractivity contribution in [3.05, 3.63) is 22.4 Å². The zero-order valence-electron chi connectivity index (χ0n) is 6.04. The summed E-state index contributed by atoms with van der Waals surface area (Å²) >= 11 is 6.35. The summed E-state index contributed by atoms with van der Waals surface area (Å²) in [5.41, 5.74) is 0. The second-order valence-corrected chi connectivity index (χ2v) is 3.38. The van der Waals surface area contributed by atoms with Crippen molar-refractivity contribution in [2.75, 3.05) is 6.54 Å². The maximum Gasteiger partial charge on any atom is 0.261 e. The summed E-state index contributed by atoms with van der Waals surface area (Å²) in [5.74, 6) is -0.265. The molecule has 0 saturated heterocycles. The van der Waals surface area contributed by atoms with Gasteiger partial charge in [0.15, 0.2) is 0 Å². The number of hydrogen-bond donors (Lipinski definition) is 1. The van der Waals surface area contributed by atoms with Crippen molar-refractivity contribution in [1.29, 1.82) is 0 Å². The van der Waals surface area contributed by atoms with Crippen molar-refractivity contribution in [3.63, 3.8) is 0 Å². The van der Waals surface area contributed by atoms with Gasteiger partial charge in [0.05, 0.1) is 11.4 Å². The van der Waals surface area contributed by atoms with Crippen LogP contribution in [0.15, 0.2) is 17.5 Å². The van der Waals surface area contributed by atoms with Crippen molar-refractivity contribution < 1.29 is 9.59 Å². The summed E-state index contributed by atoms with van der Waals surface area (Å²) in [6, 6.07) is 3.45. The van der Waals surface area contributed by atoms with Gasteiger partial charge >= 0.3 is 0 Å². The van der Waals surface area contributed by atoms with E-state index in [1.165, 1.54) is 11.3 Å². The maximum atomic E-state index is 11.1. The molecule has 0 unspecified atom stereocenters. The van der Waals surface area contributed by atoms with Crippen LogP contribution < -0.4 is 5.32 Å². The summed E-state index contributed by atoms with van der Waals surface area (Å²) in [4.78, 5) is 21.9. The van der Waals surface area contributed by atoms with Gasteiger partial charge in [-0.25, -0.2) is 0 Å². The first-order chi connectivity index (χ1) is 5.70. The number of nitrogens with one attached hydrogen (secondary N) is 1. The van der Waals surface area contributed by atoms with Gasteiger partial charge in [-0.15, -0.1) is 11.3 Å². The molecule has 0 fully saturated rings. The zero-order chi connectivity index (χ0) is 8.97. The topological polar surface area (TPSA) is 46.2 Å². The van der Waals surface area contributed by atoms with E-state index in [1.54, 1.807) is 17.5 Å². The van der Waals surface area contributed by atoms with Crippen molar-refractivity contribution in [3.8, 4) is 0 Å². The number of rotatable bonds is 3. The van der Waals surface area contributed by atoms with Gasteiger partial charge in [-0.05, 0) is 23.0 Å². The van der Waals surface area contributed by atoms with Gasteiger partial charge in [0, 0.05) is 0 Å². The molecular formula is C7H6ClNO2S. The largest absolute Gasteiger partial charge is 0.343 e. The van der Waals surface area contributed by atoms with E-state index in [0.717, 1.165) is 0 Å². The van der Waals surface area contributed by atoms with Gasteiger partial charge < -0.3 is 5.32 Å². The van der Waals surface area contributed by atoms with Crippen molar-refractivity contribution in [2.45, 2.75) is 0 Å². The average molecular weight is 204 g/mol. The van der Waals surface area contributed by atoms with Crippen LogP contribution in [0.5, 0.6) is 0 Å². The standard InChI is InChI=1S/C7H6ClNO2S/c8-6(10)4-9-7(11)5-2-1-3-12-5/h1-3H,4H2,(H,9,11). The lowest BCUT2D eigenvalue weighted by Crippen LogP contribution is -2.26. The van der Waals surface area contributed by atoms with E-state index in [-0.39, 0.29) is 12.5 Å². The first-order valence-corrected chi connectivity index (χ1v) is 4.46. The van der Waals surface area contributed by atoms with Crippen LogP contribution in [-0.4, -0.2) is 17.7 Å². The van der Waals surface area contributed by atoms with Crippen LogP contribution in [0.2, 0.25) is 0 Å². The highest BCUT2D eigenvalue weighted by Gasteiger charge is 2.06. The quantitative estimate of drug-likeness (QED) is 0.752. The van der Waals surface area contributed by atoms with E-state index in [9.17, 15) is 9.59 Å². The van der Waals surface area contributed by atoms with E-state index in [0.29, 0.717) is 4.88 Å². The molecule has 1 aromatic rings. The molecule has 0 aliphatic rings. The molecule has 0 saturated carbocycles. The summed E-state index contributed by atoms with van der Waals surface area (Å²) < 4.78 is 0. The lowest BCUT2D eigenvalue weighted by Gasteiger charge is -1.97. The Morgan fingerprint density at radius 2 is 2.33 bits per heavy atom. The van der Waals surface area contributed by atoms with Crippen LogP contribution in [-0.2, 0) is 4.79 Å². The fraction of sp³-hybridized carbons (Fsp3) is 0.143. The predicted molar refractivity (Wildman–Crippen MR) is 47.5 cm³/mol. The molecule has 0 aromatic carbocycles. The summed E-state index contributed by atoms with van der Waals surface area (Å²) in [6.45, 7) is -0.127. The van der Waals surface area contributed by atoms with Crippen LogP contribution in [0.3, 0.4) is 0 Å². The molecule has 1 rings (SSSR count). The van der Waals surface area contributed by atoms with E-state index in [1.807, 2.05) is 0 Å². The van der Waals surface area contributed by atoms with Crippen molar-refractivity contribution in [1.82, 2.24) is 5.32 Å². The smallest absolute Gasteiger partial charge is 0.261 e. The molecule has 64 valence electrons. The van der Waals surface area contributed by atoms with E-state index < -0.39 is 5.24 Å². The Balaban J connectivity index is 2.45. The Labute approximate surface area is 78.3 Å². The normalized spacial score (nSPS) is 9.42. The molecule has 1 heterocycles. The van der Waals surface area contributed by atoms with Gasteiger partial charge in [-0.2, -0.15) is 0 Å². The molecule has 3 nitrogen and oxygen atoms in total.